The summed E-state index contributed by atoms with van der Waals surface area (Å²) in [4.78, 5) is 0. The molecule has 0 aliphatic rings. The molecule has 0 amide bonds. The number of unbranched alkanes of at least 4 members (excludes halogenated alkanes) is 1. The van der Waals surface area contributed by atoms with E-state index in [0.717, 1.165) is 30.6 Å². The van der Waals surface area contributed by atoms with Gasteiger partial charge in [0.1, 0.15) is 0 Å². The second kappa shape index (κ2) is 6.82. The third-order valence-electron chi connectivity index (χ3n) is 2.89. The number of nitrogens with one attached hydrogen (secondary N) is 1. The molecule has 0 radical (unpaired) electrons. The lowest BCUT2D eigenvalue weighted by Gasteiger charge is -2.07. The van der Waals surface area contributed by atoms with Gasteiger partial charge in [-0.25, -0.2) is 0 Å². The summed E-state index contributed by atoms with van der Waals surface area (Å²) in [6, 6.07) is 18.6. The number of benzene rings is 2. The van der Waals surface area contributed by atoms with Crippen LogP contribution in [0.5, 0.6) is 0 Å². The van der Waals surface area contributed by atoms with Gasteiger partial charge in [0.25, 0.3) is 0 Å². The molecule has 2 aromatic rings. The minimum absolute atomic E-state index is 0.285. The molecule has 0 heterocycles. The Morgan fingerprint density at radius 3 is 2.11 bits per heavy atom. The van der Waals surface area contributed by atoms with Gasteiger partial charge in [-0.15, -0.1) is 0 Å². The average molecular weight is 241 g/mol. The van der Waals surface area contributed by atoms with Gasteiger partial charge in [-0.05, 0) is 49.1 Å². The number of hydrogen-bond donors (Lipinski definition) is 2. The highest BCUT2D eigenvalue weighted by Gasteiger charge is 1.96. The van der Waals surface area contributed by atoms with E-state index in [4.69, 9.17) is 5.11 Å². The lowest BCUT2D eigenvalue weighted by molar-refractivity contribution is 0.284. The van der Waals surface area contributed by atoms with Crippen molar-refractivity contribution in [2.24, 2.45) is 0 Å². The molecule has 0 aromatic heterocycles. The van der Waals surface area contributed by atoms with Crippen LogP contribution in [0, 0.1) is 0 Å². The lowest BCUT2D eigenvalue weighted by Crippen LogP contribution is -1.91. The smallest absolute Gasteiger partial charge is 0.0431 e. The van der Waals surface area contributed by atoms with E-state index in [-0.39, 0.29) is 6.61 Å². The van der Waals surface area contributed by atoms with Gasteiger partial charge in [0.2, 0.25) is 0 Å². The van der Waals surface area contributed by atoms with Crippen molar-refractivity contribution in [2.45, 2.75) is 19.3 Å². The van der Waals surface area contributed by atoms with Crippen molar-refractivity contribution < 1.29 is 5.11 Å². The number of hydrogen-bond acceptors (Lipinski definition) is 2. The fourth-order valence-corrected chi connectivity index (χ4v) is 1.88. The van der Waals surface area contributed by atoms with E-state index < -0.39 is 0 Å². The highest BCUT2D eigenvalue weighted by molar-refractivity contribution is 5.59. The molecule has 0 saturated heterocycles. The zero-order valence-corrected chi connectivity index (χ0v) is 10.5. The predicted molar refractivity (Wildman–Crippen MR) is 76.2 cm³/mol. The standard InChI is InChI=1S/C16H19NO/c18-13-5-4-6-14-9-11-16(12-10-14)17-15-7-2-1-3-8-15/h1-3,7-12,17-18H,4-6,13H2. The molecule has 2 heteroatoms. The second-order valence-electron chi connectivity index (χ2n) is 4.37. The van der Waals surface area contributed by atoms with Crippen molar-refractivity contribution in [3.05, 3.63) is 60.2 Å². The summed E-state index contributed by atoms with van der Waals surface area (Å²) in [6.45, 7) is 0.285. The summed E-state index contributed by atoms with van der Waals surface area (Å²) in [7, 11) is 0. The van der Waals surface area contributed by atoms with E-state index in [1.165, 1.54) is 5.56 Å². The predicted octanol–water partition coefficient (Wildman–Crippen LogP) is 3.75. The van der Waals surface area contributed by atoms with Gasteiger partial charge < -0.3 is 10.4 Å². The zero-order valence-electron chi connectivity index (χ0n) is 10.5. The normalized spacial score (nSPS) is 10.3. The monoisotopic (exact) mass is 241 g/mol. The van der Waals surface area contributed by atoms with E-state index in [1.54, 1.807) is 0 Å². The number of aliphatic hydroxyl groups is 1. The molecule has 0 atom stereocenters. The minimum atomic E-state index is 0.285. The van der Waals surface area contributed by atoms with Crippen LogP contribution in [0.2, 0.25) is 0 Å². The van der Waals surface area contributed by atoms with Crippen LogP contribution >= 0.6 is 0 Å². The Kier molecular flexibility index (Phi) is 4.79. The largest absolute Gasteiger partial charge is 0.396 e. The van der Waals surface area contributed by atoms with Crippen molar-refractivity contribution in [1.29, 1.82) is 0 Å². The Bertz CT molecular complexity index is 450. The Balaban J connectivity index is 1.91. The van der Waals surface area contributed by atoms with Crippen LogP contribution in [-0.2, 0) is 6.42 Å². The first kappa shape index (κ1) is 12.7. The molecule has 0 fully saturated rings. The first-order valence-corrected chi connectivity index (χ1v) is 6.40. The van der Waals surface area contributed by atoms with Gasteiger partial charge in [-0.3, -0.25) is 0 Å². The molecular weight excluding hydrogens is 222 g/mol. The van der Waals surface area contributed by atoms with Gasteiger partial charge >= 0.3 is 0 Å². The molecule has 2 rings (SSSR count). The van der Waals surface area contributed by atoms with Gasteiger partial charge in [-0.2, -0.15) is 0 Å². The molecule has 2 N–H and O–H groups in total. The average Bonchev–Trinajstić information content (AvgIpc) is 2.42. The van der Waals surface area contributed by atoms with Crippen molar-refractivity contribution in [1.82, 2.24) is 0 Å². The maximum Gasteiger partial charge on any atom is 0.0431 e. The highest BCUT2D eigenvalue weighted by atomic mass is 16.2. The first-order valence-electron chi connectivity index (χ1n) is 6.40. The summed E-state index contributed by atoms with van der Waals surface area (Å²) >= 11 is 0. The molecule has 2 nitrogen and oxygen atoms in total. The third-order valence-corrected chi connectivity index (χ3v) is 2.89. The van der Waals surface area contributed by atoms with E-state index in [1.807, 2.05) is 18.2 Å². The van der Waals surface area contributed by atoms with E-state index in [0.29, 0.717) is 0 Å². The number of para-hydroxylation sites is 1. The van der Waals surface area contributed by atoms with Crippen LogP contribution < -0.4 is 5.32 Å². The number of anilines is 2. The molecule has 0 aliphatic heterocycles. The Morgan fingerprint density at radius 2 is 1.44 bits per heavy atom. The molecular formula is C16H19NO. The summed E-state index contributed by atoms with van der Waals surface area (Å²) in [5.41, 5.74) is 3.53. The molecule has 0 spiro atoms. The topological polar surface area (TPSA) is 32.3 Å². The van der Waals surface area contributed by atoms with Gasteiger partial charge in [0, 0.05) is 18.0 Å². The molecule has 94 valence electrons. The van der Waals surface area contributed by atoms with Crippen LogP contribution in [0.25, 0.3) is 0 Å². The van der Waals surface area contributed by atoms with Crippen LogP contribution in [0.3, 0.4) is 0 Å². The van der Waals surface area contributed by atoms with E-state index in [2.05, 4.69) is 41.7 Å². The number of aryl methyl sites for hydroxylation is 1. The Morgan fingerprint density at radius 1 is 0.778 bits per heavy atom. The van der Waals surface area contributed by atoms with E-state index >= 15 is 0 Å². The van der Waals surface area contributed by atoms with Gasteiger partial charge in [-0.1, -0.05) is 30.3 Å². The number of aliphatic hydroxyl groups excluding tert-OH is 1. The summed E-state index contributed by atoms with van der Waals surface area (Å²) < 4.78 is 0. The number of rotatable bonds is 6. The molecule has 0 saturated carbocycles. The molecule has 0 unspecified atom stereocenters. The SMILES string of the molecule is OCCCCc1ccc(Nc2ccccc2)cc1. The van der Waals surface area contributed by atoms with Gasteiger partial charge in [0.15, 0.2) is 0 Å². The minimum Gasteiger partial charge on any atom is -0.396 e. The molecule has 0 aliphatic carbocycles. The van der Waals surface area contributed by atoms with Crippen LogP contribution in [0.1, 0.15) is 18.4 Å². The van der Waals surface area contributed by atoms with Crippen molar-refractivity contribution in [3.8, 4) is 0 Å². The Labute approximate surface area is 108 Å². The quantitative estimate of drug-likeness (QED) is 0.755. The molecule has 2 aromatic carbocycles. The zero-order chi connectivity index (χ0) is 12.6. The van der Waals surface area contributed by atoms with Gasteiger partial charge in [0.05, 0.1) is 0 Å². The summed E-state index contributed by atoms with van der Waals surface area (Å²) in [6.07, 6.45) is 2.96. The summed E-state index contributed by atoms with van der Waals surface area (Å²) in [5, 5.41) is 12.1. The van der Waals surface area contributed by atoms with Crippen molar-refractivity contribution in [2.75, 3.05) is 11.9 Å². The maximum atomic E-state index is 8.74. The van der Waals surface area contributed by atoms with E-state index in [9.17, 15) is 0 Å². The fraction of sp³-hybridized carbons (Fsp3) is 0.250. The molecule has 0 bridgehead atoms. The first-order chi connectivity index (χ1) is 8.88. The third kappa shape index (κ3) is 3.90. The Hall–Kier alpha value is -1.80. The summed E-state index contributed by atoms with van der Waals surface area (Å²) in [5.74, 6) is 0. The molecule has 18 heavy (non-hydrogen) atoms. The second-order valence-corrected chi connectivity index (χ2v) is 4.37. The van der Waals surface area contributed by atoms with Crippen molar-refractivity contribution in [3.63, 3.8) is 0 Å². The fourth-order valence-electron chi connectivity index (χ4n) is 1.88. The highest BCUT2D eigenvalue weighted by Crippen LogP contribution is 2.17. The van der Waals surface area contributed by atoms with Crippen LogP contribution in [-0.4, -0.2) is 11.7 Å². The van der Waals surface area contributed by atoms with Crippen LogP contribution in [0.15, 0.2) is 54.6 Å². The van der Waals surface area contributed by atoms with Crippen LogP contribution in [0.4, 0.5) is 11.4 Å². The van der Waals surface area contributed by atoms with Crippen molar-refractivity contribution >= 4 is 11.4 Å². The maximum absolute atomic E-state index is 8.74. The lowest BCUT2D eigenvalue weighted by atomic mass is 10.1.